The number of aryl methyl sites for hydroxylation is 1. The molecule has 0 radical (unpaired) electrons. The van der Waals surface area contributed by atoms with Gasteiger partial charge in [-0.25, -0.2) is 12.7 Å². The molecule has 148 valence electrons. The molecule has 2 saturated heterocycles. The Labute approximate surface area is 161 Å². The number of carbonyl (C=O) groups is 2. The number of carbonyl (C=O) groups excluding carboxylic acids is 2. The maximum absolute atomic E-state index is 12.7. The lowest BCUT2D eigenvalue weighted by Crippen LogP contribution is -2.51. The van der Waals surface area contributed by atoms with Crippen LogP contribution in [0.2, 0.25) is 0 Å². The van der Waals surface area contributed by atoms with Crippen LogP contribution in [0.4, 0.5) is 0 Å². The molecule has 0 spiro atoms. The smallest absolute Gasteiger partial charge is 0.225 e. The Bertz CT molecular complexity index is 737. The van der Waals surface area contributed by atoms with E-state index >= 15 is 0 Å². The Kier molecular flexibility index (Phi) is 6.49. The maximum atomic E-state index is 12.7. The molecule has 0 saturated carbocycles. The summed E-state index contributed by atoms with van der Waals surface area (Å²) in [6.07, 6.45) is 2.46. The third kappa shape index (κ3) is 5.07. The lowest BCUT2D eigenvalue weighted by molar-refractivity contribution is -0.140. The molecule has 1 aromatic carbocycles. The molecule has 2 aliphatic heterocycles. The van der Waals surface area contributed by atoms with Crippen LogP contribution in [0.25, 0.3) is 0 Å². The van der Waals surface area contributed by atoms with E-state index in [0.717, 1.165) is 12.0 Å². The van der Waals surface area contributed by atoms with Crippen LogP contribution in [0.5, 0.6) is 0 Å². The molecule has 2 aliphatic rings. The molecule has 2 heterocycles. The first kappa shape index (κ1) is 19.8. The molecule has 1 aromatic rings. The summed E-state index contributed by atoms with van der Waals surface area (Å²) in [5.74, 6) is 0.0822. The zero-order valence-corrected chi connectivity index (χ0v) is 16.3. The molecule has 2 fully saturated rings. The first-order valence-corrected chi connectivity index (χ1v) is 11.1. The summed E-state index contributed by atoms with van der Waals surface area (Å²) < 4.78 is 26.7. The van der Waals surface area contributed by atoms with Gasteiger partial charge in [0.15, 0.2) is 0 Å². The summed E-state index contributed by atoms with van der Waals surface area (Å²) in [5, 5.41) is 0. The Morgan fingerprint density at radius 3 is 2.22 bits per heavy atom. The van der Waals surface area contributed by atoms with Gasteiger partial charge < -0.3 is 9.80 Å². The van der Waals surface area contributed by atoms with Crippen LogP contribution < -0.4 is 0 Å². The van der Waals surface area contributed by atoms with E-state index in [0.29, 0.717) is 58.5 Å². The Morgan fingerprint density at radius 1 is 1.00 bits per heavy atom. The normalized spacial score (nSPS) is 19.9. The van der Waals surface area contributed by atoms with Gasteiger partial charge in [0.2, 0.25) is 22.3 Å². The number of nitrogens with zero attached hydrogens (tertiary/aromatic N) is 3. The van der Waals surface area contributed by atoms with E-state index in [-0.39, 0.29) is 17.6 Å². The van der Waals surface area contributed by atoms with Crippen LogP contribution in [-0.4, -0.2) is 79.9 Å². The van der Waals surface area contributed by atoms with E-state index in [1.54, 1.807) is 4.90 Å². The predicted octanol–water partition coefficient (Wildman–Crippen LogP) is 0.572. The minimum Gasteiger partial charge on any atom is -0.342 e. The highest BCUT2D eigenvalue weighted by molar-refractivity contribution is 7.89. The highest BCUT2D eigenvalue weighted by atomic mass is 32.2. The number of piperidine rings is 1. The largest absolute Gasteiger partial charge is 0.342 e. The van der Waals surface area contributed by atoms with Crippen molar-refractivity contribution in [3.8, 4) is 0 Å². The maximum Gasteiger partial charge on any atom is 0.225 e. The molecule has 27 heavy (non-hydrogen) atoms. The van der Waals surface area contributed by atoms with Gasteiger partial charge in [0.05, 0.1) is 5.75 Å². The summed E-state index contributed by atoms with van der Waals surface area (Å²) >= 11 is 0. The number of hydrogen-bond donors (Lipinski definition) is 0. The topological polar surface area (TPSA) is 78.0 Å². The minimum absolute atomic E-state index is 0.0990. The second-order valence-electron chi connectivity index (χ2n) is 7.19. The molecule has 0 aliphatic carbocycles. The number of amides is 2. The molecule has 3 rings (SSSR count). The van der Waals surface area contributed by atoms with Crippen LogP contribution in [0.1, 0.15) is 18.4 Å². The van der Waals surface area contributed by atoms with Gasteiger partial charge in [-0.2, -0.15) is 0 Å². The van der Waals surface area contributed by atoms with Crippen molar-refractivity contribution in [3.05, 3.63) is 35.9 Å². The van der Waals surface area contributed by atoms with Gasteiger partial charge in [0, 0.05) is 45.2 Å². The van der Waals surface area contributed by atoms with Crippen LogP contribution in [-0.2, 0) is 26.0 Å². The van der Waals surface area contributed by atoms with E-state index < -0.39 is 10.0 Å². The number of sulfonamides is 1. The molecule has 0 unspecified atom stereocenters. The molecular formula is C19H27N3O4S. The summed E-state index contributed by atoms with van der Waals surface area (Å²) in [4.78, 5) is 26.9. The van der Waals surface area contributed by atoms with Gasteiger partial charge in [-0.3, -0.25) is 9.59 Å². The Hall–Kier alpha value is -1.93. The molecule has 0 bridgehead atoms. The van der Waals surface area contributed by atoms with Gasteiger partial charge >= 0.3 is 0 Å². The fourth-order valence-corrected chi connectivity index (χ4v) is 5.23. The van der Waals surface area contributed by atoms with E-state index in [4.69, 9.17) is 0 Å². The van der Waals surface area contributed by atoms with E-state index in [9.17, 15) is 18.0 Å². The summed E-state index contributed by atoms with van der Waals surface area (Å²) in [6.45, 7) is 3.08. The second kappa shape index (κ2) is 8.84. The van der Waals surface area contributed by atoms with Crippen molar-refractivity contribution < 1.29 is 18.0 Å². The van der Waals surface area contributed by atoms with Crippen molar-refractivity contribution in [3.63, 3.8) is 0 Å². The molecular weight excluding hydrogens is 366 g/mol. The van der Waals surface area contributed by atoms with E-state index in [1.807, 2.05) is 35.2 Å². The van der Waals surface area contributed by atoms with Crippen molar-refractivity contribution in [2.75, 3.05) is 45.0 Å². The predicted molar refractivity (Wildman–Crippen MR) is 102 cm³/mol. The highest BCUT2D eigenvalue weighted by Crippen LogP contribution is 2.23. The average molecular weight is 394 g/mol. The number of rotatable bonds is 6. The first-order chi connectivity index (χ1) is 13.0. The van der Waals surface area contributed by atoms with Gasteiger partial charge in [0.1, 0.15) is 0 Å². The van der Waals surface area contributed by atoms with Crippen molar-refractivity contribution in [1.82, 2.24) is 14.1 Å². The lowest BCUT2D eigenvalue weighted by atomic mass is 9.96. The minimum atomic E-state index is -3.30. The second-order valence-corrected chi connectivity index (χ2v) is 9.28. The number of piperazine rings is 1. The number of benzene rings is 1. The van der Waals surface area contributed by atoms with Crippen LogP contribution in [0, 0.1) is 5.92 Å². The van der Waals surface area contributed by atoms with Crippen molar-refractivity contribution >= 4 is 22.3 Å². The zero-order chi connectivity index (χ0) is 19.3. The van der Waals surface area contributed by atoms with Gasteiger partial charge in [-0.15, -0.1) is 0 Å². The Morgan fingerprint density at radius 2 is 1.63 bits per heavy atom. The summed E-state index contributed by atoms with van der Waals surface area (Å²) in [6, 6.07) is 9.61. The fourth-order valence-electron chi connectivity index (χ4n) is 3.71. The molecule has 2 amide bonds. The highest BCUT2D eigenvalue weighted by Gasteiger charge is 2.33. The standard InChI is InChI=1S/C19H27N3O4S/c23-16-20-11-13-21(14-12-20)19(24)18-6-9-22(10-7-18)27(25,26)15-8-17-4-2-1-3-5-17/h1-5,16,18H,6-15H2. The third-order valence-electron chi connectivity index (χ3n) is 5.46. The average Bonchev–Trinajstić information content (AvgIpc) is 2.73. The first-order valence-electron chi connectivity index (χ1n) is 9.49. The van der Waals surface area contributed by atoms with Crippen LogP contribution >= 0.6 is 0 Å². The lowest BCUT2D eigenvalue weighted by Gasteiger charge is -2.37. The van der Waals surface area contributed by atoms with Crippen molar-refractivity contribution in [1.29, 1.82) is 0 Å². The summed E-state index contributed by atoms with van der Waals surface area (Å²) in [7, 11) is -3.30. The molecule has 0 aromatic heterocycles. The SMILES string of the molecule is O=CN1CCN(C(=O)C2CCN(S(=O)(=O)CCc3ccccc3)CC2)CC1. The molecule has 0 atom stereocenters. The third-order valence-corrected chi connectivity index (χ3v) is 7.34. The zero-order valence-electron chi connectivity index (χ0n) is 15.5. The van der Waals surface area contributed by atoms with Crippen LogP contribution in [0.3, 0.4) is 0 Å². The van der Waals surface area contributed by atoms with Crippen molar-refractivity contribution in [2.45, 2.75) is 19.3 Å². The van der Waals surface area contributed by atoms with Crippen molar-refractivity contribution in [2.24, 2.45) is 5.92 Å². The number of hydrogen-bond acceptors (Lipinski definition) is 4. The molecule has 8 heteroatoms. The van der Waals surface area contributed by atoms with Crippen LogP contribution in [0.15, 0.2) is 30.3 Å². The summed E-state index contributed by atoms with van der Waals surface area (Å²) in [5.41, 5.74) is 1.01. The van der Waals surface area contributed by atoms with Gasteiger partial charge in [-0.1, -0.05) is 30.3 Å². The Balaban J connectivity index is 1.47. The monoisotopic (exact) mass is 393 g/mol. The van der Waals surface area contributed by atoms with E-state index in [1.165, 1.54) is 4.31 Å². The van der Waals surface area contributed by atoms with Gasteiger partial charge in [-0.05, 0) is 24.8 Å². The van der Waals surface area contributed by atoms with Gasteiger partial charge in [0.25, 0.3) is 0 Å². The molecule has 0 N–H and O–H groups in total. The molecule has 7 nitrogen and oxygen atoms in total. The fraction of sp³-hybridized carbons (Fsp3) is 0.579. The quantitative estimate of drug-likeness (QED) is 0.662. The van der Waals surface area contributed by atoms with E-state index in [2.05, 4.69) is 0 Å².